The van der Waals surface area contributed by atoms with Crippen LogP contribution in [0.5, 0.6) is 0 Å². The normalized spacial score (nSPS) is 15.0. The zero-order chi connectivity index (χ0) is 10.8. The molecule has 0 aromatic heterocycles. The van der Waals surface area contributed by atoms with Gasteiger partial charge in [0.2, 0.25) is 0 Å². The quantitative estimate of drug-likeness (QED) is 0.684. The van der Waals surface area contributed by atoms with E-state index in [-0.39, 0.29) is 5.91 Å². The molecule has 78 valence electrons. The first kappa shape index (κ1) is 9.86. The predicted octanol–water partition coefficient (Wildman–Crippen LogP) is 1.34. The molecule has 0 atom stereocenters. The summed E-state index contributed by atoms with van der Waals surface area (Å²) >= 11 is 0. The minimum atomic E-state index is -0.0759. The van der Waals surface area contributed by atoms with Crippen LogP contribution in [-0.2, 0) is 16.1 Å². The minimum absolute atomic E-state index is 0.0759. The molecule has 1 aliphatic heterocycles. The topological polar surface area (TPSA) is 46.6 Å². The zero-order valence-corrected chi connectivity index (χ0v) is 8.40. The van der Waals surface area contributed by atoms with Gasteiger partial charge in [0.1, 0.15) is 6.29 Å². The van der Waals surface area contributed by atoms with Crippen molar-refractivity contribution in [2.24, 2.45) is 0 Å². The fourth-order valence-electron chi connectivity index (χ4n) is 1.83. The molecule has 0 radical (unpaired) electrons. The molecular formula is C11H11NO3. The van der Waals surface area contributed by atoms with Gasteiger partial charge < -0.3 is 0 Å². The van der Waals surface area contributed by atoms with E-state index in [1.165, 1.54) is 12.2 Å². The zero-order valence-electron chi connectivity index (χ0n) is 8.40. The van der Waals surface area contributed by atoms with E-state index in [0.717, 1.165) is 11.8 Å². The third-order valence-electron chi connectivity index (χ3n) is 2.53. The molecule has 1 heterocycles. The lowest BCUT2D eigenvalue weighted by molar-refractivity contribution is -0.125. The number of carbonyl (C=O) groups excluding carboxylic acids is 2. The van der Waals surface area contributed by atoms with E-state index in [0.29, 0.717) is 24.1 Å². The van der Waals surface area contributed by atoms with Gasteiger partial charge >= 0.3 is 0 Å². The molecule has 1 aliphatic rings. The third-order valence-corrected chi connectivity index (χ3v) is 2.53. The van der Waals surface area contributed by atoms with Crippen molar-refractivity contribution in [2.45, 2.75) is 12.8 Å². The second-order valence-corrected chi connectivity index (χ2v) is 3.33. The van der Waals surface area contributed by atoms with Crippen molar-refractivity contribution in [3.05, 3.63) is 29.3 Å². The Hall–Kier alpha value is -1.68. The molecule has 0 unspecified atom stereocenters. The highest BCUT2D eigenvalue weighted by molar-refractivity contribution is 5.96. The SMILES string of the molecule is CON1C(=O)CCc2c(C=O)cccc21. The number of fused-ring (bicyclic) bond motifs is 1. The maximum atomic E-state index is 11.5. The van der Waals surface area contributed by atoms with Gasteiger partial charge in [0.05, 0.1) is 12.8 Å². The van der Waals surface area contributed by atoms with Crippen molar-refractivity contribution < 1.29 is 14.4 Å². The lowest BCUT2D eigenvalue weighted by atomic mass is 9.98. The number of anilines is 1. The van der Waals surface area contributed by atoms with Crippen LogP contribution in [0.2, 0.25) is 0 Å². The molecule has 0 saturated carbocycles. The second-order valence-electron chi connectivity index (χ2n) is 3.33. The minimum Gasteiger partial charge on any atom is -0.298 e. The second kappa shape index (κ2) is 3.82. The number of carbonyl (C=O) groups is 2. The van der Waals surface area contributed by atoms with Gasteiger partial charge in [0.15, 0.2) is 0 Å². The van der Waals surface area contributed by atoms with Crippen molar-refractivity contribution in [1.29, 1.82) is 0 Å². The van der Waals surface area contributed by atoms with Crippen LogP contribution in [0.3, 0.4) is 0 Å². The average Bonchev–Trinajstić information content (AvgIpc) is 2.28. The fraction of sp³-hybridized carbons (Fsp3) is 0.273. The van der Waals surface area contributed by atoms with E-state index in [9.17, 15) is 9.59 Å². The molecule has 15 heavy (non-hydrogen) atoms. The Bertz CT molecular complexity index is 414. The summed E-state index contributed by atoms with van der Waals surface area (Å²) in [5, 5.41) is 1.24. The van der Waals surface area contributed by atoms with Crippen LogP contribution in [0.25, 0.3) is 0 Å². The molecule has 0 N–H and O–H groups in total. The highest BCUT2D eigenvalue weighted by Crippen LogP contribution is 2.29. The number of amides is 1. The van der Waals surface area contributed by atoms with E-state index in [2.05, 4.69) is 0 Å². The van der Waals surface area contributed by atoms with E-state index < -0.39 is 0 Å². The van der Waals surface area contributed by atoms with Crippen molar-refractivity contribution >= 4 is 17.9 Å². The Balaban J connectivity index is 2.54. The highest BCUT2D eigenvalue weighted by atomic mass is 16.7. The molecular weight excluding hydrogens is 194 g/mol. The van der Waals surface area contributed by atoms with Gasteiger partial charge in [-0.25, -0.2) is 0 Å². The number of hydrogen-bond acceptors (Lipinski definition) is 3. The van der Waals surface area contributed by atoms with Crippen LogP contribution in [0.1, 0.15) is 22.3 Å². The average molecular weight is 205 g/mol. The van der Waals surface area contributed by atoms with Gasteiger partial charge in [0, 0.05) is 12.0 Å². The van der Waals surface area contributed by atoms with Crippen LogP contribution in [-0.4, -0.2) is 19.3 Å². The van der Waals surface area contributed by atoms with Crippen LogP contribution in [0, 0.1) is 0 Å². The van der Waals surface area contributed by atoms with Crippen molar-refractivity contribution in [3.8, 4) is 0 Å². The maximum Gasteiger partial charge on any atom is 0.251 e. The third kappa shape index (κ3) is 1.53. The molecule has 0 spiro atoms. The molecule has 4 nitrogen and oxygen atoms in total. The molecule has 2 rings (SSSR count). The summed E-state index contributed by atoms with van der Waals surface area (Å²) < 4.78 is 0. The van der Waals surface area contributed by atoms with E-state index in [4.69, 9.17) is 4.84 Å². The van der Waals surface area contributed by atoms with Crippen LogP contribution in [0.15, 0.2) is 18.2 Å². The summed E-state index contributed by atoms with van der Waals surface area (Å²) in [5.74, 6) is -0.0759. The lowest BCUT2D eigenvalue weighted by Crippen LogP contribution is -2.34. The molecule has 4 heteroatoms. The highest BCUT2D eigenvalue weighted by Gasteiger charge is 2.25. The van der Waals surface area contributed by atoms with Crippen molar-refractivity contribution in [3.63, 3.8) is 0 Å². The molecule has 1 amide bonds. The lowest BCUT2D eigenvalue weighted by Gasteiger charge is -2.27. The molecule has 0 fully saturated rings. The van der Waals surface area contributed by atoms with Crippen molar-refractivity contribution in [1.82, 2.24) is 0 Å². The standard InChI is InChI=1S/C11H11NO3/c1-15-12-10-4-2-3-8(7-13)9(10)5-6-11(12)14/h2-4,7H,5-6H2,1H3. The monoisotopic (exact) mass is 205 g/mol. The van der Waals surface area contributed by atoms with Crippen molar-refractivity contribution in [2.75, 3.05) is 12.2 Å². The summed E-state index contributed by atoms with van der Waals surface area (Å²) in [4.78, 5) is 27.3. The first-order valence-corrected chi connectivity index (χ1v) is 4.72. The Labute approximate surface area is 87.4 Å². The first-order valence-electron chi connectivity index (χ1n) is 4.72. The van der Waals surface area contributed by atoms with Gasteiger partial charge in [0.25, 0.3) is 5.91 Å². The van der Waals surface area contributed by atoms with Gasteiger partial charge in [-0.3, -0.25) is 14.4 Å². The smallest absolute Gasteiger partial charge is 0.251 e. The molecule has 0 aliphatic carbocycles. The Morgan fingerprint density at radius 2 is 2.20 bits per heavy atom. The number of nitrogens with zero attached hydrogens (tertiary/aromatic N) is 1. The van der Waals surface area contributed by atoms with E-state index >= 15 is 0 Å². The largest absolute Gasteiger partial charge is 0.298 e. The molecule has 0 bridgehead atoms. The predicted molar refractivity (Wildman–Crippen MR) is 54.6 cm³/mol. The number of aldehydes is 1. The van der Waals surface area contributed by atoms with E-state index in [1.54, 1.807) is 18.2 Å². The van der Waals surface area contributed by atoms with Crippen LogP contribution < -0.4 is 5.06 Å². The Kier molecular flexibility index (Phi) is 2.51. The Morgan fingerprint density at radius 1 is 1.40 bits per heavy atom. The molecule has 1 aromatic rings. The summed E-state index contributed by atoms with van der Waals surface area (Å²) in [5.41, 5.74) is 2.19. The van der Waals surface area contributed by atoms with Gasteiger partial charge in [-0.05, 0) is 18.1 Å². The summed E-state index contributed by atoms with van der Waals surface area (Å²) in [6.07, 6.45) is 1.79. The summed E-state index contributed by atoms with van der Waals surface area (Å²) in [6, 6.07) is 5.27. The number of benzene rings is 1. The molecule has 1 aromatic carbocycles. The summed E-state index contributed by atoms with van der Waals surface area (Å²) in [6.45, 7) is 0. The van der Waals surface area contributed by atoms with Gasteiger partial charge in [-0.2, -0.15) is 5.06 Å². The summed E-state index contributed by atoms with van der Waals surface area (Å²) in [7, 11) is 1.45. The first-order chi connectivity index (χ1) is 7.27. The molecule has 0 saturated heterocycles. The maximum absolute atomic E-state index is 11.5. The van der Waals surface area contributed by atoms with E-state index in [1.807, 2.05) is 0 Å². The Morgan fingerprint density at radius 3 is 2.87 bits per heavy atom. The fourth-order valence-corrected chi connectivity index (χ4v) is 1.83. The van der Waals surface area contributed by atoms with Gasteiger partial charge in [-0.1, -0.05) is 12.1 Å². The number of hydroxylamine groups is 1. The number of hydrogen-bond donors (Lipinski definition) is 0. The number of rotatable bonds is 2. The van der Waals surface area contributed by atoms with Gasteiger partial charge in [-0.15, -0.1) is 0 Å². The van der Waals surface area contributed by atoms with Crippen LogP contribution >= 0.6 is 0 Å². The van der Waals surface area contributed by atoms with Crippen LogP contribution in [0.4, 0.5) is 5.69 Å².